The van der Waals surface area contributed by atoms with Gasteiger partial charge in [0, 0.05) is 16.7 Å². The highest BCUT2D eigenvalue weighted by atomic mass is 79.9. The molecule has 0 fully saturated rings. The van der Waals surface area contributed by atoms with E-state index in [1.54, 1.807) is 0 Å². The molecule has 0 saturated heterocycles. The molecule has 20 heavy (non-hydrogen) atoms. The van der Waals surface area contributed by atoms with Gasteiger partial charge in [-0.1, -0.05) is 28.9 Å². The third-order valence-electron chi connectivity index (χ3n) is 3.68. The maximum Gasteiger partial charge on any atom is 0.0660 e. The maximum atomic E-state index is 4.61. The van der Waals surface area contributed by atoms with Crippen molar-refractivity contribution in [3.05, 3.63) is 45.2 Å². The zero-order chi connectivity index (χ0) is 14.7. The number of benzene rings is 1. The van der Waals surface area contributed by atoms with Crippen LogP contribution in [0.15, 0.2) is 22.7 Å². The molecule has 0 atom stereocenters. The van der Waals surface area contributed by atoms with Crippen molar-refractivity contribution in [2.75, 3.05) is 6.54 Å². The van der Waals surface area contributed by atoms with E-state index in [9.17, 15) is 0 Å². The zero-order valence-corrected chi connectivity index (χ0v) is 14.2. The molecular weight excluding hydrogens is 314 g/mol. The normalized spacial score (nSPS) is 11.1. The highest BCUT2D eigenvalue weighted by Crippen LogP contribution is 2.23. The Hall–Kier alpha value is -1.13. The van der Waals surface area contributed by atoms with Gasteiger partial charge in [0.1, 0.15) is 0 Å². The Morgan fingerprint density at radius 1 is 1.25 bits per heavy atom. The molecule has 0 aliphatic carbocycles. The van der Waals surface area contributed by atoms with Crippen molar-refractivity contribution in [1.82, 2.24) is 15.1 Å². The second-order valence-corrected chi connectivity index (χ2v) is 6.01. The SMILES string of the molecule is CCCNCc1ccc(-n2nc(C)c(C)c2C)cc1Br. The van der Waals surface area contributed by atoms with Gasteiger partial charge in [-0.3, -0.25) is 0 Å². The molecule has 1 heterocycles. The lowest BCUT2D eigenvalue weighted by Crippen LogP contribution is -2.14. The van der Waals surface area contributed by atoms with Gasteiger partial charge < -0.3 is 5.32 Å². The average Bonchev–Trinajstić information content (AvgIpc) is 2.68. The van der Waals surface area contributed by atoms with Crippen molar-refractivity contribution in [3.63, 3.8) is 0 Å². The number of aromatic nitrogens is 2. The molecule has 0 unspecified atom stereocenters. The number of aryl methyl sites for hydroxylation is 1. The van der Waals surface area contributed by atoms with Crippen LogP contribution in [-0.2, 0) is 6.54 Å². The summed E-state index contributed by atoms with van der Waals surface area (Å²) in [7, 11) is 0. The fourth-order valence-electron chi connectivity index (χ4n) is 2.18. The van der Waals surface area contributed by atoms with Crippen LogP contribution in [0, 0.1) is 20.8 Å². The van der Waals surface area contributed by atoms with Gasteiger partial charge in [-0.15, -0.1) is 0 Å². The van der Waals surface area contributed by atoms with Crippen molar-refractivity contribution in [3.8, 4) is 5.69 Å². The Labute approximate surface area is 129 Å². The molecule has 3 nitrogen and oxygen atoms in total. The summed E-state index contributed by atoms with van der Waals surface area (Å²) in [5, 5.41) is 8.03. The predicted octanol–water partition coefficient (Wildman–Crippen LogP) is 4.06. The molecule has 0 aliphatic rings. The smallest absolute Gasteiger partial charge is 0.0660 e. The predicted molar refractivity (Wildman–Crippen MR) is 87.5 cm³/mol. The van der Waals surface area contributed by atoms with Gasteiger partial charge in [0.2, 0.25) is 0 Å². The second-order valence-electron chi connectivity index (χ2n) is 5.16. The van der Waals surface area contributed by atoms with Gasteiger partial charge in [0.15, 0.2) is 0 Å². The van der Waals surface area contributed by atoms with E-state index in [-0.39, 0.29) is 0 Å². The minimum Gasteiger partial charge on any atom is -0.313 e. The average molecular weight is 336 g/mol. The Balaban J connectivity index is 2.26. The molecule has 0 amide bonds. The summed E-state index contributed by atoms with van der Waals surface area (Å²) >= 11 is 3.67. The minimum absolute atomic E-state index is 0.894. The summed E-state index contributed by atoms with van der Waals surface area (Å²) in [6, 6.07) is 6.43. The van der Waals surface area contributed by atoms with Crippen molar-refractivity contribution in [1.29, 1.82) is 0 Å². The lowest BCUT2D eigenvalue weighted by atomic mass is 10.2. The number of hydrogen-bond acceptors (Lipinski definition) is 2. The van der Waals surface area contributed by atoms with Crippen molar-refractivity contribution in [2.45, 2.75) is 40.7 Å². The van der Waals surface area contributed by atoms with Gasteiger partial charge in [-0.25, -0.2) is 4.68 Å². The summed E-state index contributed by atoms with van der Waals surface area (Å²) in [5.74, 6) is 0. The van der Waals surface area contributed by atoms with Crippen LogP contribution in [0.3, 0.4) is 0 Å². The van der Waals surface area contributed by atoms with E-state index in [0.29, 0.717) is 0 Å². The first kappa shape index (κ1) is 15.3. The summed E-state index contributed by atoms with van der Waals surface area (Å²) in [5.41, 5.74) is 5.93. The van der Waals surface area contributed by atoms with Crippen molar-refractivity contribution < 1.29 is 0 Å². The van der Waals surface area contributed by atoms with E-state index in [4.69, 9.17) is 0 Å². The highest BCUT2D eigenvalue weighted by Gasteiger charge is 2.10. The van der Waals surface area contributed by atoms with Crippen molar-refractivity contribution in [2.24, 2.45) is 0 Å². The standard InChI is InChI=1S/C16H22BrN3/c1-5-8-18-10-14-6-7-15(9-16(14)17)20-13(4)11(2)12(3)19-20/h6-7,9,18H,5,8,10H2,1-4H3. The van der Waals surface area contributed by atoms with E-state index in [1.165, 1.54) is 16.8 Å². The largest absolute Gasteiger partial charge is 0.313 e. The molecule has 108 valence electrons. The molecule has 2 rings (SSSR count). The molecule has 0 saturated carbocycles. The van der Waals surface area contributed by atoms with Gasteiger partial charge in [-0.05, 0) is 57.0 Å². The van der Waals surface area contributed by atoms with Crippen molar-refractivity contribution >= 4 is 15.9 Å². The third kappa shape index (κ3) is 3.13. The second kappa shape index (κ2) is 6.55. The topological polar surface area (TPSA) is 29.9 Å². The van der Waals surface area contributed by atoms with Crippen LogP contribution in [-0.4, -0.2) is 16.3 Å². The fraction of sp³-hybridized carbons (Fsp3) is 0.438. The molecule has 2 aromatic rings. The Kier molecular flexibility index (Phi) is 5.00. The van der Waals surface area contributed by atoms with Crippen LogP contribution in [0.25, 0.3) is 5.69 Å². The van der Waals surface area contributed by atoms with Crippen LogP contribution < -0.4 is 5.32 Å². The molecule has 0 spiro atoms. The minimum atomic E-state index is 0.894. The van der Waals surface area contributed by atoms with Gasteiger partial charge >= 0.3 is 0 Å². The molecular formula is C16H22BrN3. The zero-order valence-electron chi connectivity index (χ0n) is 12.6. The van der Waals surface area contributed by atoms with Gasteiger partial charge in [0.25, 0.3) is 0 Å². The third-order valence-corrected chi connectivity index (χ3v) is 4.41. The molecule has 4 heteroatoms. The fourth-order valence-corrected chi connectivity index (χ4v) is 2.69. The number of rotatable bonds is 5. The first-order chi connectivity index (χ1) is 9.54. The lowest BCUT2D eigenvalue weighted by molar-refractivity contribution is 0.673. The van der Waals surface area contributed by atoms with Crippen LogP contribution in [0.2, 0.25) is 0 Å². The number of hydrogen-bond donors (Lipinski definition) is 1. The molecule has 0 bridgehead atoms. The highest BCUT2D eigenvalue weighted by molar-refractivity contribution is 9.10. The van der Waals surface area contributed by atoms with Crippen LogP contribution in [0.4, 0.5) is 0 Å². The monoisotopic (exact) mass is 335 g/mol. The van der Waals surface area contributed by atoms with E-state index in [2.05, 4.69) is 72.2 Å². The number of nitrogens with one attached hydrogen (secondary N) is 1. The van der Waals surface area contributed by atoms with E-state index in [1.807, 2.05) is 4.68 Å². The maximum absolute atomic E-state index is 4.61. The van der Waals surface area contributed by atoms with E-state index in [0.717, 1.165) is 35.4 Å². The first-order valence-corrected chi connectivity index (χ1v) is 7.86. The molecule has 0 aliphatic heterocycles. The van der Waals surface area contributed by atoms with Crippen LogP contribution in [0.5, 0.6) is 0 Å². The Bertz CT molecular complexity index is 602. The summed E-state index contributed by atoms with van der Waals surface area (Å²) in [4.78, 5) is 0. The van der Waals surface area contributed by atoms with Crippen LogP contribution >= 0.6 is 15.9 Å². The lowest BCUT2D eigenvalue weighted by Gasteiger charge is -2.10. The van der Waals surface area contributed by atoms with E-state index >= 15 is 0 Å². The van der Waals surface area contributed by atoms with Gasteiger partial charge in [0.05, 0.1) is 11.4 Å². The first-order valence-electron chi connectivity index (χ1n) is 7.07. The summed E-state index contributed by atoms with van der Waals surface area (Å²) < 4.78 is 3.14. The quantitative estimate of drug-likeness (QED) is 0.835. The molecule has 1 N–H and O–H groups in total. The number of nitrogens with zero attached hydrogens (tertiary/aromatic N) is 2. The number of halogens is 1. The van der Waals surface area contributed by atoms with E-state index < -0.39 is 0 Å². The van der Waals surface area contributed by atoms with Gasteiger partial charge in [-0.2, -0.15) is 5.10 Å². The molecule has 1 aromatic carbocycles. The summed E-state index contributed by atoms with van der Waals surface area (Å²) in [6.07, 6.45) is 1.15. The Morgan fingerprint density at radius 2 is 2.00 bits per heavy atom. The molecule has 1 aromatic heterocycles. The summed E-state index contributed by atoms with van der Waals surface area (Å²) in [6.45, 7) is 10.4. The van der Waals surface area contributed by atoms with Crippen LogP contribution in [0.1, 0.15) is 35.9 Å². The Morgan fingerprint density at radius 3 is 2.55 bits per heavy atom. The molecule has 0 radical (unpaired) electrons.